The summed E-state index contributed by atoms with van der Waals surface area (Å²) in [5.41, 5.74) is 3.71. The number of fused-ring (bicyclic) bond motifs is 1. The molecule has 3 rings (SSSR count). The normalized spacial score (nSPS) is 15.5. The number of anilines is 2. The van der Waals surface area contributed by atoms with Crippen LogP contribution >= 0.6 is 11.8 Å². The van der Waals surface area contributed by atoms with Gasteiger partial charge in [0.25, 0.3) is 5.91 Å². The van der Waals surface area contributed by atoms with Crippen molar-refractivity contribution in [3.8, 4) is 0 Å². The first-order chi connectivity index (χ1) is 12.8. The van der Waals surface area contributed by atoms with Gasteiger partial charge in [-0.1, -0.05) is 18.2 Å². The third kappa shape index (κ3) is 4.31. The lowest BCUT2D eigenvalue weighted by molar-refractivity contribution is -0.116. The molecule has 2 aromatic carbocycles. The molecule has 7 heteroatoms. The van der Waals surface area contributed by atoms with Crippen LogP contribution in [-0.2, 0) is 9.59 Å². The molecule has 0 aliphatic carbocycles. The summed E-state index contributed by atoms with van der Waals surface area (Å²) in [5, 5.41) is 8.08. The molecule has 1 aliphatic heterocycles. The Balaban J connectivity index is 1.62. The molecule has 0 saturated heterocycles. The molecule has 3 amide bonds. The summed E-state index contributed by atoms with van der Waals surface area (Å²) >= 11 is 1.45. The lowest BCUT2D eigenvalue weighted by Crippen LogP contribution is -2.33. The van der Waals surface area contributed by atoms with Crippen molar-refractivity contribution in [2.75, 3.05) is 17.2 Å². The number of carbonyl (C=O) groups excluding carboxylic acids is 3. The Labute approximate surface area is 162 Å². The largest absolute Gasteiger partial charge is 0.343 e. The van der Waals surface area contributed by atoms with Gasteiger partial charge in [0, 0.05) is 16.1 Å². The second-order valence-electron chi connectivity index (χ2n) is 6.46. The number of hydrogen-bond donors (Lipinski definition) is 3. The Morgan fingerprint density at radius 1 is 1.15 bits per heavy atom. The Bertz CT molecular complexity index is 906. The van der Waals surface area contributed by atoms with Gasteiger partial charge in [0.05, 0.1) is 17.5 Å². The molecule has 1 atom stereocenters. The second-order valence-corrected chi connectivity index (χ2v) is 7.84. The van der Waals surface area contributed by atoms with E-state index in [0.717, 1.165) is 21.7 Å². The minimum Gasteiger partial charge on any atom is -0.343 e. The van der Waals surface area contributed by atoms with Gasteiger partial charge < -0.3 is 16.0 Å². The fraction of sp³-hybridized carbons (Fsp3) is 0.250. The van der Waals surface area contributed by atoms with E-state index in [9.17, 15) is 14.4 Å². The lowest BCUT2D eigenvalue weighted by atomic mass is 10.1. The number of thioether (sulfide) groups is 1. The fourth-order valence-corrected chi connectivity index (χ4v) is 3.74. The molecule has 3 N–H and O–H groups in total. The highest BCUT2D eigenvalue weighted by Gasteiger charge is 2.23. The number of rotatable bonds is 4. The van der Waals surface area contributed by atoms with Gasteiger partial charge in [0.2, 0.25) is 11.8 Å². The molecule has 1 aliphatic rings. The van der Waals surface area contributed by atoms with E-state index in [1.807, 2.05) is 45.0 Å². The average molecular weight is 383 g/mol. The SMILES string of the molecule is Cc1cccc(C)c1NC(=O)CNC(=O)c1ccc2c(c1)NC(=O)[C@H](C)S2. The molecule has 0 fully saturated rings. The molecule has 0 radical (unpaired) electrons. The maximum absolute atomic E-state index is 12.4. The van der Waals surface area contributed by atoms with Crippen LogP contribution in [0.3, 0.4) is 0 Å². The van der Waals surface area contributed by atoms with Gasteiger partial charge in [0.15, 0.2) is 0 Å². The van der Waals surface area contributed by atoms with Crippen LogP contribution in [-0.4, -0.2) is 29.5 Å². The first-order valence-electron chi connectivity index (χ1n) is 8.61. The summed E-state index contributed by atoms with van der Waals surface area (Å²) in [6.07, 6.45) is 0. The Kier molecular flexibility index (Phi) is 5.51. The van der Waals surface area contributed by atoms with Gasteiger partial charge in [-0.2, -0.15) is 0 Å². The van der Waals surface area contributed by atoms with E-state index in [2.05, 4.69) is 16.0 Å². The minimum absolute atomic E-state index is 0.0852. The van der Waals surface area contributed by atoms with Crippen LogP contribution in [0.15, 0.2) is 41.3 Å². The molecular weight excluding hydrogens is 362 g/mol. The standard InChI is InChI=1S/C20H21N3O3S/c1-11-5-4-6-12(2)18(11)23-17(24)10-21-20(26)14-7-8-16-15(9-14)22-19(25)13(3)27-16/h4-9,13H,10H2,1-3H3,(H,21,26)(H,22,25)(H,23,24)/t13-/m0/s1. The summed E-state index contributed by atoms with van der Waals surface area (Å²) in [6.45, 7) is 5.53. The number of benzene rings is 2. The van der Waals surface area contributed by atoms with Gasteiger partial charge in [-0.25, -0.2) is 0 Å². The van der Waals surface area contributed by atoms with Crippen LogP contribution in [0.25, 0.3) is 0 Å². The zero-order chi connectivity index (χ0) is 19.6. The summed E-state index contributed by atoms with van der Waals surface area (Å²) in [7, 11) is 0. The molecule has 27 heavy (non-hydrogen) atoms. The highest BCUT2D eigenvalue weighted by atomic mass is 32.2. The molecule has 2 aromatic rings. The third-order valence-electron chi connectivity index (χ3n) is 4.33. The zero-order valence-corrected chi connectivity index (χ0v) is 16.2. The van der Waals surface area contributed by atoms with Gasteiger partial charge in [-0.3, -0.25) is 14.4 Å². The van der Waals surface area contributed by atoms with Crippen molar-refractivity contribution in [1.29, 1.82) is 0 Å². The number of nitrogens with one attached hydrogen (secondary N) is 3. The minimum atomic E-state index is -0.368. The maximum atomic E-state index is 12.4. The van der Waals surface area contributed by atoms with Gasteiger partial charge >= 0.3 is 0 Å². The van der Waals surface area contributed by atoms with Crippen LogP contribution in [0, 0.1) is 13.8 Å². The van der Waals surface area contributed by atoms with Crippen molar-refractivity contribution in [2.45, 2.75) is 30.9 Å². The van der Waals surface area contributed by atoms with E-state index in [-0.39, 0.29) is 29.5 Å². The average Bonchev–Trinajstić information content (AvgIpc) is 2.63. The highest BCUT2D eigenvalue weighted by Crippen LogP contribution is 2.35. The van der Waals surface area contributed by atoms with E-state index >= 15 is 0 Å². The van der Waals surface area contributed by atoms with E-state index < -0.39 is 0 Å². The van der Waals surface area contributed by atoms with Crippen molar-refractivity contribution in [3.63, 3.8) is 0 Å². The summed E-state index contributed by atoms with van der Waals surface area (Å²) in [5.74, 6) is -0.748. The molecule has 1 heterocycles. The Morgan fingerprint density at radius 2 is 1.85 bits per heavy atom. The number of hydrogen-bond acceptors (Lipinski definition) is 4. The van der Waals surface area contributed by atoms with Gasteiger partial charge in [0.1, 0.15) is 0 Å². The number of carbonyl (C=O) groups is 3. The summed E-state index contributed by atoms with van der Waals surface area (Å²) in [4.78, 5) is 37.3. The number of para-hydroxylation sites is 1. The smallest absolute Gasteiger partial charge is 0.251 e. The summed E-state index contributed by atoms with van der Waals surface area (Å²) < 4.78 is 0. The molecule has 140 valence electrons. The lowest BCUT2D eigenvalue weighted by Gasteiger charge is -2.21. The quantitative estimate of drug-likeness (QED) is 0.757. The second kappa shape index (κ2) is 7.84. The van der Waals surface area contributed by atoms with Crippen molar-refractivity contribution in [2.24, 2.45) is 0 Å². The van der Waals surface area contributed by atoms with Crippen LogP contribution < -0.4 is 16.0 Å². The molecule has 0 saturated carbocycles. The van der Waals surface area contributed by atoms with E-state index in [1.165, 1.54) is 11.8 Å². The van der Waals surface area contributed by atoms with E-state index in [4.69, 9.17) is 0 Å². The molecule has 0 aromatic heterocycles. The molecule has 0 spiro atoms. The predicted molar refractivity (Wildman–Crippen MR) is 107 cm³/mol. The van der Waals surface area contributed by atoms with Crippen molar-refractivity contribution >= 4 is 40.9 Å². The Morgan fingerprint density at radius 3 is 2.56 bits per heavy atom. The highest BCUT2D eigenvalue weighted by molar-refractivity contribution is 8.00. The molecule has 0 unspecified atom stereocenters. The number of aryl methyl sites for hydroxylation is 2. The topological polar surface area (TPSA) is 87.3 Å². The van der Waals surface area contributed by atoms with Crippen molar-refractivity contribution < 1.29 is 14.4 Å². The van der Waals surface area contributed by atoms with Crippen LogP contribution in [0.2, 0.25) is 0 Å². The molecular formula is C20H21N3O3S. The third-order valence-corrected chi connectivity index (χ3v) is 5.51. The Hall–Kier alpha value is -2.80. The van der Waals surface area contributed by atoms with Crippen LogP contribution in [0.1, 0.15) is 28.4 Å². The van der Waals surface area contributed by atoms with E-state index in [1.54, 1.807) is 12.1 Å². The molecule has 6 nitrogen and oxygen atoms in total. The van der Waals surface area contributed by atoms with Gasteiger partial charge in [-0.15, -0.1) is 11.8 Å². The first-order valence-corrected chi connectivity index (χ1v) is 9.49. The van der Waals surface area contributed by atoms with Crippen LogP contribution in [0.5, 0.6) is 0 Å². The van der Waals surface area contributed by atoms with Crippen LogP contribution in [0.4, 0.5) is 11.4 Å². The zero-order valence-electron chi connectivity index (χ0n) is 15.4. The predicted octanol–water partition coefficient (Wildman–Crippen LogP) is 3.10. The monoisotopic (exact) mass is 383 g/mol. The maximum Gasteiger partial charge on any atom is 0.251 e. The molecule has 0 bridgehead atoms. The fourth-order valence-electron chi connectivity index (χ4n) is 2.81. The van der Waals surface area contributed by atoms with Gasteiger partial charge in [-0.05, 0) is 50.1 Å². The first kappa shape index (κ1) is 19.0. The summed E-state index contributed by atoms with van der Waals surface area (Å²) in [6, 6.07) is 10.9. The van der Waals surface area contributed by atoms with Crippen molar-refractivity contribution in [1.82, 2.24) is 5.32 Å². The number of amides is 3. The van der Waals surface area contributed by atoms with Crippen molar-refractivity contribution in [3.05, 3.63) is 53.1 Å². The van der Waals surface area contributed by atoms with E-state index in [0.29, 0.717) is 11.3 Å².